The van der Waals surface area contributed by atoms with Gasteiger partial charge in [-0.25, -0.2) is 9.78 Å². The van der Waals surface area contributed by atoms with Crippen molar-refractivity contribution in [2.45, 2.75) is 6.04 Å². The number of pyridine rings is 1. The van der Waals surface area contributed by atoms with Crippen molar-refractivity contribution >= 4 is 23.4 Å². The first kappa shape index (κ1) is 19.4. The fourth-order valence-corrected chi connectivity index (χ4v) is 3.70. The average molecular weight is 401 g/mol. The molecule has 4 rings (SSSR count). The fraction of sp³-hybridized carbons (Fsp3) is 0.174. The SMILES string of the molecule is NC(=O)N1CCN(c2ccccn2)CC1c1cccc(NC(=O)c2ccccc2)c1. The third-order valence-corrected chi connectivity index (χ3v) is 5.20. The third-order valence-electron chi connectivity index (χ3n) is 5.20. The lowest BCUT2D eigenvalue weighted by Gasteiger charge is -2.41. The van der Waals surface area contributed by atoms with Gasteiger partial charge in [0.25, 0.3) is 5.91 Å². The number of rotatable bonds is 4. The Labute approximate surface area is 175 Å². The van der Waals surface area contributed by atoms with Crippen molar-refractivity contribution in [3.63, 3.8) is 0 Å². The monoisotopic (exact) mass is 401 g/mol. The molecule has 1 aromatic heterocycles. The summed E-state index contributed by atoms with van der Waals surface area (Å²) < 4.78 is 0. The minimum atomic E-state index is -0.459. The first-order chi connectivity index (χ1) is 14.6. The molecule has 0 radical (unpaired) electrons. The van der Waals surface area contributed by atoms with Gasteiger partial charge in [-0.2, -0.15) is 0 Å². The normalized spacial score (nSPS) is 16.2. The summed E-state index contributed by atoms with van der Waals surface area (Å²) in [6.07, 6.45) is 1.75. The molecule has 0 saturated carbocycles. The molecule has 30 heavy (non-hydrogen) atoms. The quantitative estimate of drug-likeness (QED) is 0.702. The van der Waals surface area contributed by atoms with Gasteiger partial charge in [0.2, 0.25) is 0 Å². The van der Waals surface area contributed by atoms with Crippen molar-refractivity contribution in [3.8, 4) is 0 Å². The number of carbonyl (C=O) groups excluding carboxylic acids is 2. The smallest absolute Gasteiger partial charge is 0.315 e. The minimum absolute atomic E-state index is 0.182. The van der Waals surface area contributed by atoms with Crippen molar-refractivity contribution in [1.82, 2.24) is 9.88 Å². The lowest BCUT2D eigenvalue weighted by atomic mass is 10.0. The largest absolute Gasteiger partial charge is 0.352 e. The van der Waals surface area contributed by atoms with E-state index in [-0.39, 0.29) is 11.9 Å². The van der Waals surface area contributed by atoms with Crippen LogP contribution >= 0.6 is 0 Å². The zero-order chi connectivity index (χ0) is 20.9. The van der Waals surface area contributed by atoms with E-state index in [1.807, 2.05) is 60.7 Å². The number of urea groups is 1. The maximum Gasteiger partial charge on any atom is 0.315 e. The van der Waals surface area contributed by atoms with E-state index in [0.717, 1.165) is 11.4 Å². The first-order valence-corrected chi connectivity index (χ1v) is 9.80. The van der Waals surface area contributed by atoms with Crippen molar-refractivity contribution in [3.05, 3.63) is 90.1 Å². The molecule has 0 aliphatic carbocycles. The summed E-state index contributed by atoms with van der Waals surface area (Å²) in [5, 5.41) is 2.93. The van der Waals surface area contributed by atoms with Crippen LogP contribution in [-0.4, -0.2) is 41.5 Å². The van der Waals surface area contributed by atoms with Gasteiger partial charge in [-0.15, -0.1) is 0 Å². The van der Waals surface area contributed by atoms with Crippen molar-refractivity contribution in [2.75, 3.05) is 29.9 Å². The van der Waals surface area contributed by atoms with Crippen LogP contribution in [0.5, 0.6) is 0 Å². The molecule has 7 nitrogen and oxygen atoms in total. The summed E-state index contributed by atoms with van der Waals surface area (Å²) in [6, 6.07) is 21.6. The molecule has 152 valence electrons. The molecule has 1 unspecified atom stereocenters. The van der Waals surface area contributed by atoms with E-state index in [1.54, 1.807) is 23.2 Å². The van der Waals surface area contributed by atoms with Gasteiger partial charge in [0.1, 0.15) is 5.82 Å². The molecule has 7 heteroatoms. The van der Waals surface area contributed by atoms with Crippen LogP contribution in [0.2, 0.25) is 0 Å². The number of primary amides is 1. The van der Waals surface area contributed by atoms with Crippen LogP contribution in [0.3, 0.4) is 0 Å². The number of nitrogens with two attached hydrogens (primary N) is 1. The minimum Gasteiger partial charge on any atom is -0.352 e. The van der Waals surface area contributed by atoms with Gasteiger partial charge in [0.15, 0.2) is 0 Å². The molecule has 1 atom stereocenters. The Hall–Kier alpha value is -3.87. The van der Waals surface area contributed by atoms with Gasteiger partial charge in [-0.1, -0.05) is 36.4 Å². The molecule has 1 fully saturated rings. The van der Waals surface area contributed by atoms with E-state index < -0.39 is 6.03 Å². The second-order valence-corrected chi connectivity index (χ2v) is 7.13. The van der Waals surface area contributed by atoms with Crippen molar-refractivity contribution in [1.29, 1.82) is 0 Å². The molecule has 3 aromatic rings. The molecule has 3 amide bonds. The average Bonchev–Trinajstić information content (AvgIpc) is 2.80. The summed E-state index contributed by atoms with van der Waals surface area (Å²) in [7, 11) is 0. The lowest BCUT2D eigenvalue weighted by molar-refractivity contribution is 0.102. The first-order valence-electron chi connectivity index (χ1n) is 9.80. The van der Waals surface area contributed by atoms with Gasteiger partial charge >= 0.3 is 6.03 Å². The zero-order valence-electron chi connectivity index (χ0n) is 16.4. The highest BCUT2D eigenvalue weighted by molar-refractivity contribution is 6.04. The van der Waals surface area contributed by atoms with Crippen LogP contribution in [0, 0.1) is 0 Å². The molecular weight excluding hydrogens is 378 g/mol. The predicted molar refractivity (Wildman–Crippen MR) is 116 cm³/mol. The van der Waals surface area contributed by atoms with Crippen LogP contribution in [0.15, 0.2) is 79.0 Å². The van der Waals surface area contributed by atoms with E-state index in [9.17, 15) is 9.59 Å². The van der Waals surface area contributed by atoms with E-state index in [4.69, 9.17) is 5.73 Å². The second kappa shape index (κ2) is 8.65. The number of piperazine rings is 1. The van der Waals surface area contributed by atoms with Gasteiger partial charge < -0.3 is 20.9 Å². The van der Waals surface area contributed by atoms with Gasteiger partial charge in [0.05, 0.1) is 6.04 Å². The summed E-state index contributed by atoms with van der Waals surface area (Å²) in [5.41, 5.74) is 7.81. The number of amides is 3. The number of carbonyl (C=O) groups is 2. The summed E-state index contributed by atoms with van der Waals surface area (Å²) in [6.45, 7) is 1.72. The Kier molecular flexibility index (Phi) is 5.61. The van der Waals surface area contributed by atoms with E-state index >= 15 is 0 Å². The Morgan fingerprint density at radius 2 is 1.77 bits per heavy atom. The second-order valence-electron chi connectivity index (χ2n) is 7.13. The van der Waals surface area contributed by atoms with Crippen LogP contribution in [0.25, 0.3) is 0 Å². The van der Waals surface area contributed by atoms with E-state index in [1.165, 1.54) is 0 Å². The molecule has 2 heterocycles. The van der Waals surface area contributed by atoms with E-state index in [2.05, 4.69) is 15.2 Å². The van der Waals surface area contributed by atoms with Crippen LogP contribution in [0.4, 0.5) is 16.3 Å². The number of hydrogen-bond acceptors (Lipinski definition) is 4. The van der Waals surface area contributed by atoms with Crippen LogP contribution in [-0.2, 0) is 0 Å². The highest BCUT2D eigenvalue weighted by Crippen LogP contribution is 2.29. The topological polar surface area (TPSA) is 91.6 Å². The Balaban J connectivity index is 1.57. The highest BCUT2D eigenvalue weighted by Gasteiger charge is 2.31. The van der Waals surface area contributed by atoms with Crippen molar-refractivity contribution < 1.29 is 9.59 Å². The van der Waals surface area contributed by atoms with Crippen molar-refractivity contribution in [2.24, 2.45) is 5.73 Å². The maximum atomic E-state index is 12.5. The molecule has 2 aromatic carbocycles. The van der Waals surface area contributed by atoms with E-state index in [0.29, 0.717) is 30.9 Å². The van der Waals surface area contributed by atoms with Gasteiger partial charge in [-0.05, 0) is 42.0 Å². The molecular formula is C23H23N5O2. The lowest BCUT2D eigenvalue weighted by Crippen LogP contribution is -2.52. The number of aromatic nitrogens is 1. The molecule has 3 N–H and O–H groups in total. The molecule has 1 aliphatic rings. The predicted octanol–water partition coefficient (Wildman–Crippen LogP) is 3.28. The van der Waals surface area contributed by atoms with Gasteiger partial charge in [0, 0.05) is 37.1 Å². The number of nitrogens with one attached hydrogen (secondary N) is 1. The maximum absolute atomic E-state index is 12.5. The van der Waals surface area contributed by atoms with Gasteiger partial charge in [-0.3, -0.25) is 4.79 Å². The number of nitrogens with zero attached hydrogens (tertiary/aromatic N) is 3. The summed E-state index contributed by atoms with van der Waals surface area (Å²) >= 11 is 0. The molecule has 0 bridgehead atoms. The Morgan fingerprint density at radius 3 is 2.50 bits per heavy atom. The van der Waals surface area contributed by atoms with Crippen LogP contribution in [0.1, 0.15) is 22.0 Å². The highest BCUT2D eigenvalue weighted by atomic mass is 16.2. The molecule has 1 aliphatic heterocycles. The number of hydrogen-bond donors (Lipinski definition) is 2. The summed E-state index contributed by atoms with van der Waals surface area (Å²) in [4.78, 5) is 32.8. The third kappa shape index (κ3) is 4.25. The number of benzene rings is 2. The fourth-order valence-electron chi connectivity index (χ4n) is 3.70. The van der Waals surface area contributed by atoms with Crippen LogP contribution < -0.4 is 16.0 Å². The molecule has 1 saturated heterocycles. The summed E-state index contributed by atoms with van der Waals surface area (Å²) in [5.74, 6) is 0.679. The Bertz CT molecular complexity index is 1030. The number of anilines is 2. The standard InChI is InChI=1S/C23H23N5O2/c24-23(30)28-14-13-27(21-11-4-5-12-25-21)16-20(28)18-9-6-10-19(15-18)26-22(29)17-7-2-1-3-8-17/h1-12,15,20H,13-14,16H2,(H2,24,30)(H,26,29). The Morgan fingerprint density at radius 1 is 0.967 bits per heavy atom. The molecule has 0 spiro atoms. The zero-order valence-corrected chi connectivity index (χ0v) is 16.4.